The quantitative estimate of drug-likeness (QED) is 0.359. The molecule has 0 aliphatic carbocycles. The Kier molecular flexibility index (Phi) is 6.10. The molecule has 2 aromatic carbocycles. The van der Waals surface area contributed by atoms with Crippen LogP contribution >= 0.6 is 13.4 Å². The third-order valence-electron chi connectivity index (χ3n) is 2.40. The SMILES string of the molecule is OP(O)(=S)OOP(O)(O)=S(c1ccccc1)c1ccccc1. The first-order valence-corrected chi connectivity index (χ1v) is 12.0. The summed E-state index contributed by atoms with van der Waals surface area (Å²) in [6, 6.07) is 17.5. The molecular formula is C12H14O6P2S2. The fourth-order valence-corrected chi connectivity index (χ4v) is 7.08. The Morgan fingerprint density at radius 3 is 1.50 bits per heavy atom. The Bertz CT molecular complexity index is 684. The standard InChI is InChI=1S/C12H14O6P2S2/c13-19(14,21)17-18-20(15,16)22(11-7-3-1-4-8-11)12-9-5-2-6-10-12/h1-10,15-16H,(H2,13,14,21). The molecule has 0 amide bonds. The fourth-order valence-electron chi connectivity index (χ4n) is 1.63. The molecule has 0 bridgehead atoms. The molecule has 2 rings (SSSR count). The molecule has 0 unspecified atom stereocenters. The van der Waals surface area contributed by atoms with Crippen LogP contribution in [0.15, 0.2) is 70.5 Å². The van der Waals surface area contributed by atoms with Gasteiger partial charge in [0.05, 0.1) is 0 Å². The van der Waals surface area contributed by atoms with Gasteiger partial charge in [-0.25, -0.2) is 0 Å². The zero-order chi connectivity index (χ0) is 16.2. The Labute approximate surface area is 135 Å². The predicted molar refractivity (Wildman–Crippen MR) is 89.0 cm³/mol. The topological polar surface area (TPSA) is 99.4 Å². The van der Waals surface area contributed by atoms with Gasteiger partial charge in [-0.3, -0.25) is 0 Å². The molecule has 0 radical (unpaired) electrons. The molecule has 0 saturated carbocycles. The van der Waals surface area contributed by atoms with Crippen molar-refractivity contribution < 1.29 is 28.9 Å². The van der Waals surface area contributed by atoms with Crippen molar-refractivity contribution in [3.63, 3.8) is 0 Å². The van der Waals surface area contributed by atoms with Gasteiger partial charge in [0.1, 0.15) is 0 Å². The van der Waals surface area contributed by atoms with Gasteiger partial charge in [-0.2, -0.15) is 0 Å². The van der Waals surface area contributed by atoms with Gasteiger partial charge in [-0.05, 0) is 46.1 Å². The minimum absolute atomic E-state index is 0.611. The van der Waals surface area contributed by atoms with Crippen LogP contribution < -0.4 is 0 Å². The summed E-state index contributed by atoms with van der Waals surface area (Å²) in [4.78, 5) is 39.9. The van der Waals surface area contributed by atoms with Crippen molar-refractivity contribution in [1.29, 1.82) is 0 Å². The second-order valence-electron chi connectivity index (χ2n) is 4.04. The van der Waals surface area contributed by atoms with E-state index in [1.54, 1.807) is 60.7 Å². The molecule has 0 atom stereocenters. The monoisotopic (exact) mass is 380 g/mol. The van der Waals surface area contributed by atoms with Gasteiger partial charge in [0.15, 0.2) is 0 Å². The first-order valence-electron chi connectivity index (χ1n) is 5.93. The summed E-state index contributed by atoms with van der Waals surface area (Å²) in [5, 5.41) is 0. The highest BCUT2D eigenvalue weighted by atomic mass is 32.5. The largest absolute Gasteiger partial charge is 0.351 e. The van der Waals surface area contributed by atoms with E-state index in [1.807, 2.05) is 0 Å². The van der Waals surface area contributed by atoms with E-state index in [-0.39, 0.29) is 0 Å². The van der Waals surface area contributed by atoms with Crippen molar-refractivity contribution >= 4 is 35.3 Å². The van der Waals surface area contributed by atoms with Crippen LogP contribution in [0.5, 0.6) is 0 Å². The normalized spacial score (nSPS) is 12.6. The Hall–Kier alpha value is -0.370. The summed E-state index contributed by atoms with van der Waals surface area (Å²) >= 11 is 4.25. The number of hydrogen-bond acceptors (Lipinski definition) is 3. The van der Waals surface area contributed by atoms with Gasteiger partial charge in [-0.1, -0.05) is 36.4 Å². The first kappa shape index (κ1) is 18.0. The molecule has 2 aromatic rings. The molecule has 0 aliphatic rings. The van der Waals surface area contributed by atoms with Gasteiger partial charge in [0.2, 0.25) is 0 Å². The van der Waals surface area contributed by atoms with Crippen molar-refractivity contribution in [3.05, 3.63) is 60.7 Å². The maximum absolute atomic E-state index is 10.3. The maximum Gasteiger partial charge on any atom is 0.351 e. The highest BCUT2D eigenvalue weighted by molar-refractivity contribution is 8.27. The van der Waals surface area contributed by atoms with Gasteiger partial charge < -0.3 is 19.6 Å². The minimum Gasteiger partial charge on any atom is -0.326 e. The van der Waals surface area contributed by atoms with Crippen LogP contribution in [0.1, 0.15) is 0 Å². The zero-order valence-corrected chi connectivity index (χ0v) is 14.5. The summed E-state index contributed by atoms with van der Waals surface area (Å²) in [6.07, 6.45) is 0. The molecule has 0 fully saturated rings. The van der Waals surface area contributed by atoms with E-state index in [1.165, 1.54) is 0 Å². The van der Waals surface area contributed by atoms with Crippen LogP contribution in [-0.4, -0.2) is 19.6 Å². The lowest BCUT2D eigenvalue weighted by molar-refractivity contribution is -0.121. The number of hydrogen-bond donors (Lipinski definition) is 4. The average molecular weight is 380 g/mol. The van der Waals surface area contributed by atoms with E-state index in [2.05, 4.69) is 21.2 Å². The van der Waals surface area contributed by atoms with Crippen molar-refractivity contribution in [3.8, 4) is 0 Å². The lowest BCUT2D eigenvalue weighted by atomic mass is 10.4. The van der Waals surface area contributed by atoms with Crippen molar-refractivity contribution in [2.45, 2.75) is 9.79 Å². The van der Waals surface area contributed by atoms with Crippen LogP contribution in [0.3, 0.4) is 0 Å². The summed E-state index contributed by atoms with van der Waals surface area (Å²) in [6.45, 7) is -8.31. The van der Waals surface area contributed by atoms with E-state index in [0.717, 1.165) is 0 Å². The van der Waals surface area contributed by atoms with E-state index in [4.69, 9.17) is 9.79 Å². The fraction of sp³-hybridized carbons (Fsp3) is 0. The molecule has 6 nitrogen and oxygen atoms in total. The first-order chi connectivity index (χ1) is 10.3. The predicted octanol–water partition coefficient (Wildman–Crippen LogP) is 2.54. The lowest BCUT2D eigenvalue weighted by Crippen LogP contribution is -2.01. The second-order valence-corrected chi connectivity index (χ2v) is 11.8. The summed E-state index contributed by atoms with van der Waals surface area (Å²) in [5.41, 5.74) is 0. The lowest BCUT2D eigenvalue weighted by Gasteiger charge is -2.20. The molecular weight excluding hydrogens is 366 g/mol. The van der Waals surface area contributed by atoms with E-state index in [0.29, 0.717) is 9.79 Å². The van der Waals surface area contributed by atoms with E-state index in [9.17, 15) is 9.79 Å². The smallest absolute Gasteiger partial charge is 0.326 e. The van der Waals surface area contributed by atoms with Crippen molar-refractivity contribution in [2.75, 3.05) is 0 Å². The Morgan fingerprint density at radius 2 is 1.14 bits per heavy atom. The second kappa shape index (κ2) is 7.47. The Balaban J connectivity index is 2.57. The molecule has 0 spiro atoms. The van der Waals surface area contributed by atoms with E-state index < -0.39 is 23.5 Å². The van der Waals surface area contributed by atoms with Crippen LogP contribution in [-0.2, 0) is 31.2 Å². The van der Waals surface area contributed by atoms with Crippen LogP contribution in [0.4, 0.5) is 0 Å². The number of benzene rings is 2. The summed E-state index contributed by atoms with van der Waals surface area (Å²) < 4.78 is 8.76. The summed E-state index contributed by atoms with van der Waals surface area (Å²) in [7, 11) is -1.27. The molecule has 0 aromatic heterocycles. The van der Waals surface area contributed by atoms with Crippen molar-refractivity contribution in [1.82, 2.24) is 0 Å². The van der Waals surface area contributed by atoms with E-state index >= 15 is 0 Å². The molecule has 0 saturated heterocycles. The molecule has 4 N–H and O–H groups in total. The van der Waals surface area contributed by atoms with Crippen molar-refractivity contribution in [2.24, 2.45) is 0 Å². The van der Waals surface area contributed by atoms with Crippen LogP contribution in [0, 0.1) is 0 Å². The summed E-state index contributed by atoms with van der Waals surface area (Å²) in [5.74, 6) is 0. The average Bonchev–Trinajstić information content (AvgIpc) is 2.47. The van der Waals surface area contributed by atoms with Gasteiger partial charge in [0.25, 0.3) is 0 Å². The number of rotatable bonds is 5. The Morgan fingerprint density at radius 1 is 0.727 bits per heavy atom. The van der Waals surface area contributed by atoms with Gasteiger partial charge >= 0.3 is 13.4 Å². The zero-order valence-electron chi connectivity index (χ0n) is 11.1. The maximum atomic E-state index is 10.3. The molecule has 120 valence electrons. The van der Waals surface area contributed by atoms with Gasteiger partial charge in [-0.15, -0.1) is 9.35 Å². The molecule has 0 heterocycles. The third-order valence-corrected chi connectivity index (χ3v) is 8.02. The van der Waals surface area contributed by atoms with Crippen LogP contribution in [0.2, 0.25) is 0 Å². The van der Waals surface area contributed by atoms with Gasteiger partial charge in [0, 0.05) is 9.79 Å². The molecule has 22 heavy (non-hydrogen) atoms. The molecule has 0 aliphatic heterocycles. The third kappa shape index (κ3) is 5.08. The minimum atomic E-state index is -4.16. The highest BCUT2D eigenvalue weighted by Gasteiger charge is 2.25. The van der Waals surface area contributed by atoms with Crippen LogP contribution in [0.25, 0.3) is 0 Å². The molecule has 10 heteroatoms. The highest BCUT2D eigenvalue weighted by Crippen LogP contribution is 2.53.